The first kappa shape index (κ1) is 29.0. The highest BCUT2D eigenvalue weighted by Gasteiger charge is 2.19. The number of hydrogen-bond acceptors (Lipinski definition) is 1. The van der Waals surface area contributed by atoms with E-state index in [0.29, 0.717) is 0 Å². The van der Waals surface area contributed by atoms with Gasteiger partial charge in [-0.05, 0) is 56.5 Å². The van der Waals surface area contributed by atoms with Crippen molar-refractivity contribution in [1.29, 1.82) is 0 Å². The summed E-state index contributed by atoms with van der Waals surface area (Å²) in [6, 6.07) is 0. The summed E-state index contributed by atoms with van der Waals surface area (Å²) in [7, 11) is 0. The molecule has 0 bridgehead atoms. The largest absolute Gasteiger partial charge is 0.317 e. The molecule has 0 fully saturated rings. The Bertz CT molecular complexity index is 283. The lowest BCUT2D eigenvalue weighted by Gasteiger charge is -2.27. The van der Waals surface area contributed by atoms with Crippen LogP contribution in [0.15, 0.2) is 0 Å². The Morgan fingerprint density at radius 1 is 0.448 bits per heavy atom. The molecule has 0 aliphatic carbocycles. The number of hydrogen-bond donors (Lipinski definition) is 1. The molecule has 1 N–H and O–H groups in total. The normalized spacial score (nSPS) is 14.8. The van der Waals surface area contributed by atoms with E-state index in [9.17, 15) is 0 Å². The second-order valence-electron chi connectivity index (χ2n) is 9.83. The average molecular weight is 410 g/mol. The molecule has 176 valence electrons. The lowest BCUT2D eigenvalue weighted by molar-refractivity contribution is 0.254. The van der Waals surface area contributed by atoms with Crippen LogP contribution in [0.25, 0.3) is 0 Å². The van der Waals surface area contributed by atoms with Crippen molar-refractivity contribution < 1.29 is 0 Å². The Hall–Kier alpha value is -0.0400. The van der Waals surface area contributed by atoms with Crippen LogP contribution in [-0.4, -0.2) is 13.1 Å². The van der Waals surface area contributed by atoms with Crippen molar-refractivity contribution in [1.82, 2.24) is 5.32 Å². The number of unbranched alkanes of at least 4 members (excludes halogenated alkanes) is 7. The summed E-state index contributed by atoms with van der Waals surface area (Å²) in [6.07, 6.45) is 25.6. The number of rotatable bonds is 23. The van der Waals surface area contributed by atoms with Gasteiger partial charge < -0.3 is 5.32 Å². The van der Waals surface area contributed by atoms with Crippen LogP contribution in [-0.2, 0) is 0 Å². The highest BCUT2D eigenvalue weighted by atomic mass is 14.8. The highest BCUT2D eigenvalue weighted by molar-refractivity contribution is 4.71. The van der Waals surface area contributed by atoms with Gasteiger partial charge in [-0.3, -0.25) is 0 Å². The summed E-state index contributed by atoms with van der Waals surface area (Å²) in [4.78, 5) is 0. The van der Waals surface area contributed by atoms with Gasteiger partial charge in [0.15, 0.2) is 0 Å². The molecule has 0 aromatic rings. The molecule has 2 atom stereocenters. The number of nitrogens with one attached hydrogen (secondary N) is 1. The Kier molecular flexibility index (Phi) is 22.6. The van der Waals surface area contributed by atoms with Crippen molar-refractivity contribution in [3.63, 3.8) is 0 Å². The summed E-state index contributed by atoms with van der Waals surface area (Å²) in [6.45, 7) is 14.3. The summed E-state index contributed by atoms with van der Waals surface area (Å²) >= 11 is 0. The second kappa shape index (κ2) is 22.6. The first-order valence-corrected chi connectivity index (χ1v) is 13.9. The van der Waals surface area contributed by atoms with E-state index in [1.54, 1.807) is 0 Å². The van der Waals surface area contributed by atoms with Crippen LogP contribution in [0, 0.1) is 17.8 Å². The topological polar surface area (TPSA) is 12.0 Å². The highest BCUT2D eigenvalue weighted by Crippen LogP contribution is 2.32. The van der Waals surface area contributed by atoms with Crippen LogP contribution in [0.1, 0.15) is 150 Å². The molecule has 0 aliphatic heterocycles. The molecule has 2 unspecified atom stereocenters. The fraction of sp³-hybridized carbons (Fsp3) is 1.00. The maximum atomic E-state index is 3.66. The van der Waals surface area contributed by atoms with Crippen molar-refractivity contribution in [2.45, 2.75) is 150 Å². The standard InChI is InChI=1S/C28H59N/c1-6-11-14-17-22-29-23-18-15-16-21-28(24-26(9-4)19-12-7-2)25-27(10-5)20-13-8-3/h26-29H,6-25H2,1-5H3. The third-order valence-electron chi connectivity index (χ3n) is 7.09. The fourth-order valence-electron chi connectivity index (χ4n) is 4.90. The van der Waals surface area contributed by atoms with Gasteiger partial charge in [0.2, 0.25) is 0 Å². The maximum Gasteiger partial charge on any atom is -0.00489 e. The molecular weight excluding hydrogens is 350 g/mol. The first-order chi connectivity index (χ1) is 14.2. The molecule has 0 saturated heterocycles. The van der Waals surface area contributed by atoms with Crippen molar-refractivity contribution in [2.24, 2.45) is 17.8 Å². The Labute approximate surface area is 186 Å². The average Bonchev–Trinajstić information content (AvgIpc) is 2.74. The lowest BCUT2D eigenvalue weighted by atomic mass is 9.79. The minimum Gasteiger partial charge on any atom is -0.317 e. The monoisotopic (exact) mass is 409 g/mol. The third-order valence-corrected chi connectivity index (χ3v) is 7.09. The molecule has 29 heavy (non-hydrogen) atoms. The van der Waals surface area contributed by atoms with E-state index < -0.39 is 0 Å². The minimum absolute atomic E-state index is 0.980. The van der Waals surface area contributed by atoms with Gasteiger partial charge >= 0.3 is 0 Å². The van der Waals surface area contributed by atoms with Gasteiger partial charge in [-0.15, -0.1) is 0 Å². The van der Waals surface area contributed by atoms with Gasteiger partial charge in [0.1, 0.15) is 0 Å². The molecule has 0 aromatic carbocycles. The van der Waals surface area contributed by atoms with Gasteiger partial charge in [0, 0.05) is 0 Å². The van der Waals surface area contributed by atoms with Crippen molar-refractivity contribution in [2.75, 3.05) is 13.1 Å². The first-order valence-electron chi connectivity index (χ1n) is 13.9. The Morgan fingerprint density at radius 3 is 1.34 bits per heavy atom. The molecule has 1 heteroatoms. The van der Waals surface area contributed by atoms with E-state index in [2.05, 4.69) is 39.9 Å². The van der Waals surface area contributed by atoms with Gasteiger partial charge in [0.05, 0.1) is 0 Å². The van der Waals surface area contributed by atoms with E-state index in [0.717, 1.165) is 17.8 Å². The molecule has 0 spiro atoms. The van der Waals surface area contributed by atoms with E-state index >= 15 is 0 Å². The van der Waals surface area contributed by atoms with Crippen LogP contribution in [0.2, 0.25) is 0 Å². The van der Waals surface area contributed by atoms with Gasteiger partial charge in [-0.25, -0.2) is 0 Å². The van der Waals surface area contributed by atoms with Gasteiger partial charge in [-0.1, -0.05) is 125 Å². The zero-order chi connectivity index (χ0) is 21.6. The zero-order valence-corrected chi connectivity index (χ0v) is 21.4. The molecule has 0 aliphatic rings. The van der Waals surface area contributed by atoms with Gasteiger partial charge in [0.25, 0.3) is 0 Å². The van der Waals surface area contributed by atoms with Crippen LogP contribution in [0.3, 0.4) is 0 Å². The zero-order valence-electron chi connectivity index (χ0n) is 21.4. The maximum absolute atomic E-state index is 3.66. The molecule has 1 nitrogen and oxygen atoms in total. The van der Waals surface area contributed by atoms with Crippen molar-refractivity contribution in [3.8, 4) is 0 Å². The third kappa shape index (κ3) is 18.4. The lowest BCUT2D eigenvalue weighted by Crippen LogP contribution is -2.17. The summed E-state index contributed by atoms with van der Waals surface area (Å²) in [5, 5.41) is 3.66. The van der Waals surface area contributed by atoms with Crippen LogP contribution >= 0.6 is 0 Å². The molecular formula is C28H59N. The molecule has 0 aromatic heterocycles. The molecule has 0 rings (SSSR count). The van der Waals surface area contributed by atoms with Crippen LogP contribution in [0.5, 0.6) is 0 Å². The summed E-state index contributed by atoms with van der Waals surface area (Å²) in [5.74, 6) is 2.95. The predicted molar refractivity (Wildman–Crippen MR) is 135 cm³/mol. The SMILES string of the molecule is CCCCCCNCCCCCC(CC(CC)CCCC)CC(CC)CCCC. The molecule has 0 amide bonds. The fourth-order valence-corrected chi connectivity index (χ4v) is 4.90. The Morgan fingerprint density at radius 2 is 0.897 bits per heavy atom. The quantitative estimate of drug-likeness (QED) is 0.166. The smallest absolute Gasteiger partial charge is 0.00489 e. The summed E-state index contributed by atoms with van der Waals surface area (Å²) in [5.41, 5.74) is 0. The molecule has 0 saturated carbocycles. The van der Waals surface area contributed by atoms with Crippen molar-refractivity contribution in [3.05, 3.63) is 0 Å². The summed E-state index contributed by atoms with van der Waals surface area (Å²) < 4.78 is 0. The minimum atomic E-state index is 0.980. The van der Waals surface area contributed by atoms with Crippen molar-refractivity contribution >= 4 is 0 Å². The molecule has 0 heterocycles. The van der Waals surface area contributed by atoms with Gasteiger partial charge in [-0.2, -0.15) is 0 Å². The molecule has 0 radical (unpaired) electrons. The van der Waals surface area contributed by atoms with Crippen LogP contribution < -0.4 is 5.32 Å². The van der Waals surface area contributed by atoms with E-state index in [1.807, 2.05) is 0 Å². The van der Waals surface area contributed by atoms with Crippen LogP contribution in [0.4, 0.5) is 0 Å². The second-order valence-corrected chi connectivity index (χ2v) is 9.83. The van der Waals surface area contributed by atoms with E-state index in [4.69, 9.17) is 0 Å². The van der Waals surface area contributed by atoms with E-state index in [-0.39, 0.29) is 0 Å². The Balaban J connectivity index is 4.21. The van der Waals surface area contributed by atoms with E-state index in [1.165, 1.54) is 129 Å². The predicted octanol–water partition coefficient (Wildman–Crippen LogP) is 9.55.